The zero-order valence-corrected chi connectivity index (χ0v) is 13.2. The Kier molecular flexibility index (Phi) is 12.7. The van der Waals surface area contributed by atoms with Crippen molar-refractivity contribution in [1.29, 1.82) is 0 Å². The van der Waals surface area contributed by atoms with Gasteiger partial charge in [0.1, 0.15) is 0 Å². The van der Waals surface area contributed by atoms with Crippen LogP contribution in [0.3, 0.4) is 0 Å². The summed E-state index contributed by atoms with van der Waals surface area (Å²) in [5.74, 6) is -1.91. The van der Waals surface area contributed by atoms with Gasteiger partial charge < -0.3 is 21.1 Å². The van der Waals surface area contributed by atoms with Gasteiger partial charge in [0, 0.05) is 12.2 Å². The molecule has 113 valence electrons. The SMILES string of the molecule is CC1OC=CC(=O)C1=O.CC1OC=CC(=O)C1=O.[NH4+].[O-2].[V+4]. The second kappa shape index (κ2) is 11.0. The summed E-state index contributed by atoms with van der Waals surface area (Å²) in [4.78, 5) is 42.2. The van der Waals surface area contributed by atoms with Gasteiger partial charge in [-0.2, -0.15) is 0 Å². The molecule has 2 aliphatic rings. The zero-order chi connectivity index (χ0) is 13.7. The minimum absolute atomic E-state index is 0. The summed E-state index contributed by atoms with van der Waals surface area (Å²) < 4.78 is 9.42. The first-order valence-electron chi connectivity index (χ1n) is 5.24. The van der Waals surface area contributed by atoms with Gasteiger partial charge in [-0.25, -0.2) is 0 Å². The molecule has 0 saturated carbocycles. The maximum Gasteiger partial charge on any atom is 4.00 e. The van der Waals surface area contributed by atoms with E-state index in [1.54, 1.807) is 13.8 Å². The molecule has 0 aromatic heterocycles. The van der Waals surface area contributed by atoms with E-state index < -0.39 is 35.3 Å². The predicted octanol–water partition coefficient (Wildman–Crippen LogP) is 0.369. The number of quaternary nitrogens is 1. The molecule has 1 radical (unpaired) electrons. The molecule has 2 heterocycles. The van der Waals surface area contributed by atoms with Crippen molar-refractivity contribution in [2.45, 2.75) is 26.1 Å². The first kappa shape index (κ1) is 24.3. The van der Waals surface area contributed by atoms with E-state index in [-0.39, 0.29) is 30.2 Å². The first-order chi connectivity index (χ1) is 8.43. The first-order valence-corrected chi connectivity index (χ1v) is 5.24. The van der Waals surface area contributed by atoms with E-state index in [0.717, 1.165) is 12.2 Å². The molecular weight excluding hydrogens is 321 g/mol. The fraction of sp³-hybridized carbons (Fsp3) is 0.333. The maximum absolute atomic E-state index is 10.6. The second-order valence-electron chi connectivity index (χ2n) is 3.62. The van der Waals surface area contributed by atoms with E-state index in [0.29, 0.717) is 0 Å². The molecule has 9 heteroatoms. The number of carbonyl (C=O) groups excluding carboxylic acids is 4. The average molecular weight is 337 g/mol. The summed E-state index contributed by atoms with van der Waals surface area (Å²) >= 11 is 0. The quantitative estimate of drug-likeness (QED) is 0.630. The predicted molar refractivity (Wildman–Crippen MR) is 66.1 cm³/mol. The summed E-state index contributed by atoms with van der Waals surface area (Å²) in [7, 11) is 0. The Hall–Kier alpha value is -1.74. The molecule has 8 nitrogen and oxygen atoms in total. The third-order valence-corrected chi connectivity index (χ3v) is 2.23. The smallest absolute Gasteiger partial charge is 2.00 e. The van der Waals surface area contributed by atoms with Crippen LogP contribution in [0.2, 0.25) is 0 Å². The van der Waals surface area contributed by atoms with Crippen molar-refractivity contribution in [2.75, 3.05) is 0 Å². The Morgan fingerprint density at radius 3 is 1.29 bits per heavy atom. The Labute approximate surface area is 133 Å². The fourth-order valence-electron chi connectivity index (χ4n) is 1.13. The zero-order valence-electron chi connectivity index (χ0n) is 11.8. The molecule has 2 atom stereocenters. The summed E-state index contributed by atoms with van der Waals surface area (Å²) in [6.07, 6.45) is 3.55. The Morgan fingerprint density at radius 2 is 1.10 bits per heavy atom. The van der Waals surface area contributed by atoms with Gasteiger partial charge in [0.15, 0.2) is 12.2 Å². The summed E-state index contributed by atoms with van der Waals surface area (Å²) in [5, 5.41) is 0. The van der Waals surface area contributed by atoms with E-state index in [4.69, 9.17) is 9.47 Å². The molecule has 2 aliphatic heterocycles. The Morgan fingerprint density at radius 1 is 0.810 bits per heavy atom. The molecular formula is C12H16NO7V+3. The van der Waals surface area contributed by atoms with Crippen molar-refractivity contribution < 1.29 is 52.7 Å². The number of rotatable bonds is 0. The van der Waals surface area contributed by atoms with Gasteiger partial charge in [-0.05, 0) is 13.8 Å². The minimum Gasteiger partial charge on any atom is -2.00 e. The normalized spacial score (nSPS) is 22.4. The van der Waals surface area contributed by atoms with Crippen LogP contribution >= 0.6 is 0 Å². The number of allylic oxidation sites excluding steroid dienone is 2. The van der Waals surface area contributed by atoms with Crippen LogP contribution < -0.4 is 6.15 Å². The summed E-state index contributed by atoms with van der Waals surface area (Å²) in [5.41, 5.74) is 0. The van der Waals surface area contributed by atoms with Crippen molar-refractivity contribution in [2.24, 2.45) is 0 Å². The van der Waals surface area contributed by atoms with E-state index in [1.165, 1.54) is 12.5 Å². The molecule has 0 aromatic carbocycles. The molecule has 21 heavy (non-hydrogen) atoms. The molecule has 4 N–H and O–H groups in total. The summed E-state index contributed by atoms with van der Waals surface area (Å²) in [6, 6.07) is 0. The second-order valence-corrected chi connectivity index (χ2v) is 3.62. The number of carbonyl (C=O) groups is 4. The van der Waals surface area contributed by atoms with Crippen LogP contribution in [0, 0.1) is 0 Å². The van der Waals surface area contributed by atoms with Crippen LogP contribution in [-0.4, -0.2) is 35.3 Å². The Balaban J connectivity index is -0.000000270. The monoisotopic (exact) mass is 337 g/mol. The van der Waals surface area contributed by atoms with Gasteiger partial charge in [0.05, 0.1) is 12.5 Å². The van der Waals surface area contributed by atoms with E-state index >= 15 is 0 Å². The van der Waals surface area contributed by atoms with Crippen LogP contribution in [0.1, 0.15) is 13.8 Å². The van der Waals surface area contributed by atoms with Crippen LogP contribution in [0.25, 0.3) is 0 Å². The molecule has 0 spiro atoms. The molecule has 0 fully saturated rings. The fourth-order valence-corrected chi connectivity index (χ4v) is 1.13. The minimum atomic E-state index is -0.595. The summed E-state index contributed by atoms with van der Waals surface area (Å²) in [6.45, 7) is 3.09. The largest absolute Gasteiger partial charge is 4.00 e. The van der Waals surface area contributed by atoms with Gasteiger partial charge in [-0.15, -0.1) is 0 Å². The molecule has 0 saturated heterocycles. The number of ether oxygens (including phenoxy) is 2. The maximum atomic E-state index is 10.6. The van der Waals surface area contributed by atoms with Crippen LogP contribution in [0.5, 0.6) is 0 Å². The third kappa shape index (κ3) is 7.00. The average Bonchev–Trinajstić information content (AvgIpc) is 2.34. The van der Waals surface area contributed by atoms with E-state index in [1.807, 2.05) is 0 Å². The van der Waals surface area contributed by atoms with Crippen molar-refractivity contribution >= 4 is 23.1 Å². The van der Waals surface area contributed by atoms with Crippen LogP contribution in [0.15, 0.2) is 24.7 Å². The number of hydrogen-bond donors (Lipinski definition) is 1. The molecule has 2 unspecified atom stereocenters. The van der Waals surface area contributed by atoms with E-state index in [2.05, 4.69) is 0 Å². The molecule has 0 aromatic rings. The topological polar surface area (TPSA) is 152 Å². The van der Waals surface area contributed by atoms with Gasteiger partial charge >= 0.3 is 18.6 Å². The van der Waals surface area contributed by atoms with Crippen molar-refractivity contribution in [1.82, 2.24) is 6.15 Å². The van der Waals surface area contributed by atoms with Crippen molar-refractivity contribution in [3.63, 3.8) is 0 Å². The molecule has 0 aliphatic carbocycles. The van der Waals surface area contributed by atoms with Gasteiger partial charge in [0.25, 0.3) is 0 Å². The van der Waals surface area contributed by atoms with E-state index in [9.17, 15) is 19.2 Å². The van der Waals surface area contributed by atoms with Crippen LogP contribution in [-0.2, 0) is 52.7 Å². The molecule has 2 rings (SSSR count). The van der Waals surface area contributed by atoms with Crippen molar-refractivity contribution in [3.05, 3.63) is 24.7 Å². The van der Waals surface area contributed by atoms with Gasteiger partial charge in [-0.1, -0.05) is 0 Å². The number of ketones is 4. The van der Waals surface area contributed by atoms with Gasteiger partial charge in [0.2, 0.25) is 23.1 Å². The third-order valence-electron chi connectivity index (χ3n) is 2.23. The van der Waals surface area contributed by atoms with Gasteiger partial charge in [-0.3, -0.25) is 19.2 Å². The number of Topliss-reactive ketones (excluding diaryl/α,β-unsaturated/α-hetero) is 2. The number of hydrogen-bond acceptors (Lipinski definition) is 6. The molecule has 0 bridgehead atoms. The van der Waals surface area contributed by atoms with Crippen LogP contribution in [0.4, 0.5) is 0 Å². The van der Waals surface area contributed by atoms with Crippen molar-refractivity contribution in [3.8, 4) is 0 Å². The molecule has 0 amide bonds. The standard InChI is InChI=1S/2C6H6O3.H3N.O.V/c2*1-4-6(8)5(7)2-3-9-4;;;/h2*2-4H,1H3;1H3;;/q;;;-2;+4/p+1. The Bertz CT molecular complexity index is 417.